The molecule has 31 heavy (non-hydrogen) atoms. The topological polar surface area (TPSA) is 97.1 Å². The van der Waals surface area contributed by atoms with Crippen LogP contribution in [-0.2, 0) is 13.0 Å². The Kier molecular flexibility index (Phi) is 6.01. The van der Waals surface area contributed by atoms with Gasteiger partial charge in [-0.15, -0.1) is 11.3 Å². The van der Waals surface area contributed by atoms with Crippen LogP contribution in [0.3, 0.4) is 0 Å². The lowest BCUT2D eigenvalue weighted by Gasteiger charge is -2.04. The van der Waals surface area contributed by atoms with Crippen molar-refractivity contribution < 1.29 is 14.7 Å². The second-order valence-corrected chi connectivity index (χ2v) is 8.50. The number of thiazole rings is 1. The van der Waals surface area contributed by atoms with Crippen LogP contribution in [0, 0.1) is 6.92 Å². The van der Waals surface area contributed by atoms with Crippen molar-refractivity contribution >= 4 is 45.7 Å². The van der Waals surface area contributed by atoms with Crippen LogP contribution >= 0.6 is 22.9 Å². The van der Waals surface area contributed by atoms with Gasteiger partial charge < -0.3 is 10.4 Å². The highest BCUT2D eigenvalue weighted by Gasteiger charge is 2.18. The van der Waals surface area contributed by atoms with Crippen molar-refractivity contribution in [3.05, 3.63) is 80.4 Å². The van der Waals surface area contributed by atoms with Crippen molar-refractivity contribution in [1.29, 1.82) is 0 Å². The Labute approximate surface area is 187 Å². The maximum Gasteiger partial charge on any atom is 0.347 e. The molecular formula is C22H19ClN4O3S. The summed E-state index contributed by atoms with van der Waals surface area (Å²) >= 11 is 7.10. The van der Waals surface area contributed by atoms with Gasteiger partial charge in [-0.1, -0.05) is 41.9 Å². The van der Waals surface area contributed by atoms with Crippen molar-refractivity contribution in [3.63, 3.8) is 0 Å². The molecule has 1 amide bonds. The number of amides is 1. The minimum Gasteiger partial charge on any atom is -0.477 e. The smallest absolute Gasteiger partial charge is 0.347 e. The van der Waals surface area contributed by atoms with E-state index in [1.54, 1.807) is 11.6 Å². The van der Waals surface area contributed by atoms with Crippen molar-refractivity contribution in [1.82, 2.24) is 20.1 Å². The van der Waals surface area contributed by atoms with Crippen LogP contribution in [0.1, 0.15) is 36.4 Å². The molecule has 9 heteroatoms. The number of aromatic nitrogens is 3. The summed E-state index contributed by atoms with van der Waals surface area (Å²) in [7, 11) is 0. The largest absolute Gasteiger partial charge is 0.477 e. The van der Waals surface area contributed by atoms with Crippen molar-refractivity contribution in [2.24, 2.45) is 0 Å². The molecule has 0 aliphatic heterocycles. The molecule has 0 aliphatic carbocycles. The van der Waals surface area contributed by atoms with Gasteiger partial charge in [0.2, 0.25) is 0 Å². The van der Waals surface area contributed by atoms with Crippen LogP contribution < -0.4 is 5.32 Å². The second kappa shape index (κ2) is 8.87. The number of hydrogen-bond donors (Lipinski definition) is 2. The van der Waals surface area contributed by atoms with Crippen LogP contribution in [0.25, 0.3) is 10.9 Å². The quantitative estimate of drug-likeness (QED) is 0.436. The lowest BCUT2D eigenvalue weighted by Crippen LogP contribution is -2.26. The zero-order chi connectivity index (χ0) is 22.0. The first kappa shape index (κ1) is 21.0. The fourth-order valence-electron chi connectivity index (χ4n) is 3.30. The number of nitrogens with one attached hydrogen (secondary N) is 1. The molecule has 0 unspecified atom stereocenters. The van der Waals surface area contributed by atoms with Gasteiger partial charge in [0.05, 0.1) is 22.8 Å². The van der Waals surface area contributed by atoms with Crippen LogP contribution in [-0.4, -0.2) is 38.3 Å². The molecule has 0 aliphatic rings. The standard InChI is InChI=1S/C22H19ClN4O3S/c1-13-20(22(29)30)31-18(25-13)10-11-24-21(28)19-16-4-2-3-5-17(16)27(26-19)12-14-6-8-15(23)9-7-14/h2-9H,10-12H2,1H3,(H,24,28)(H,29,30). The molecule has 2 aromatic heterocycles. The summed E-state index contributed by atoms with van der Waals surface area (Å²) in [5, 5.41) is 18.7. The predicted octanol–water partition coefficient (Wildman–Crippen LogP) is 4.17. The molecule has 0 saturated carbocycles. The molecule has 0 atom stereocenters. The highest BCUT2D eigenvalue weighted by Crippen LogP contribution is 2.21. The SMILES string of the molecule is Cc1nc(CCNC(=O)c2nn(Cc3ccc(Cl)cc3)c3ccccc23)sc1C(=O)O. The second-order valence-electron chi connectivity index (χ2n) is 6.98. The molecule has 0 fully saturated rings. The van der Waals surface area contributed by atoms with E-state index < -0.39 is 5.97 Å². The summed E-state index contributed by atoms with van der Waals surface area (Å²) in [6, 6.07) is 15.1. The monoisotopic (exact) mass is 454 g/mol. The number of benzene rings is 2. The van der Waals surface area contributed by atoms with Gasteiger partial charge in [-0.25, -0.2) is 9.78 Å². The zero-order valence-electron chi connectivity index (χ0n) is 16.6. The lowest BCUT2D eigenvalue weighted by atomic mass is 10.2. The minimum atomic E-state index is -0.983. The fourth-order valence-corrected chi connectivity index (χ4v) is 4.33. The number of aryl methyl sites for hydroxylation is 1. The number of carboxylic acids is 1. The molecule has 158 valence electrons. The molecule has 2 aromatic carbocycles. The summed E-state index contributed by atoms with van der Waals surface area (Å²) in [5.41, 5.74) is 2.74. The molecule has 7 nitrogen and oxygen atoms in total. The van der Waals surface area contributed by atoms with Gasteiger partial charge in [-0.2, -0.15) is 5.10 Å². The number of carbonyl (C=O) groups excluding carboxylic acids is 1. The van der Waals surface area contributed by atoms with Gasteiger partial charge >= 0.3 is 5.97 Å². The Morgan fingerprint density at radius 3 is 2.61 bits per heavy atom. The summed E-state index contributed by atoms with van der Waals surface area (Å²) in [5.74, 6) is -1.26. The summed E-state index contributed by atoms with van der Waals surface area (Å²) in [4.78, 5) is 28.5. The van der Waals surface area contributed by atoms with Crippen molar-refractivity contribution in [2.75, 3.05) is 6.54 Å². The normalized spacial score (nSPS) is 11.0. The molecule has 4 aromatic rings. The fraction of sp³-hybridized carbons (Fsp3) is 0.182. The Balaban J connectivity index is 1.49. The Morgan fingerprint density at radius 2 is 1.90 bits per heavy atom. The first-order valence-corrected chi connectivity index (χ1v) is 10.8. The Hall–Kier alpha value is -3.23. The molecule has 4 rings (SSSR count). The molecule has 0 saturated heterocycles. The van der Waals surface area contributed by atoms with Crippen LogP contribution in [0.5, 0.6) is 0 Å². The summed E-state index contributed by atoms with van der Waals surface area (Å²) in [6.07, 6.45) is 0.452. The third-order valence-corrected chi connectivity index (χ3v) is 6.24. The van der Waals surface area contributed by atoms with Crippen LogP contribution in [0.4, 0.5) is 0 Å². The van der Waals surface area contributed by atoms with Gasteiger partial charge in [-0.3, -0.25) is 9.48 Å². The number of fused-ring (bicyclic) bond motifs is 1. The maximum atomic E-state index is 12.8. The summed E-state index contributed by atoms with van der Waals surface area (Å²) < 4.78 is 1.80. The van der Waals surface area contributed by atoms with Crippen LogP contribution in [0.15, 0.2) is 48.5 Å². The number of rotatable bonds is 7. The average molecular weight is 455 g/mol. The minimum absolute atomic E-state index is 0.230. The van der Waals surface area contributed by atoms with Gasteiger partial charge in [0.15, 0.2) is 5.69 Å². The van der Waals surface area contributed by atoms with Crippen molar-refractivity contribution in [2.45, 2.75) is 19.9 Å². The van der Waals surface area contributed by atoms with Crippen molar-refractivity contribution in [3.8, 4) is 0 Å². The predicted molar refractivity (Wildman–Crippen MR) is 120 cm³/mol. The third-order valence-electron chi connectivity index (χ3n) is 4.78. The van der Waals surface area contributed by atoms with Gasteiger partial charge in [0, 0.05) is 23.4 Å². The Morgan fingerprint density at radius 1 is 1.16 bits per heavy atom. The molecule has 0 spiro atoms. The third kappa shape index (κ3) is 4.60. The molecule has 2 N–H and O–H groups in total. The van der Waals surface area contributed by atoms with E-state index in [1.165, 1.54) is 0 Å². The van der Waals surface area contributed by atoms with E-state index in [0.29, 0.717) is 40.9 Å². The van der Waals surface area contributed by atoms with Crippen LogP contribution in [0.2, 0.25) is 5.02 Å². The number of halogens is 1. The average Bonchev–Trinajstić information content (AvgIpc) is 3.30. The highest BCUT2D eigenvalue weighted by atomic mass is 35.5. The Bertz CT molecular complexity index is 1260. The first-order valence-electron chi connectivity index (χ1n) is 9.60. The van der Waals surface area contributed by atoms with E-state index >= 15 is 0 Å². The number of nitrogens with zero attached hydrogens (tertiary/aromatic N) is 3. The van der Waals surface area contributed by atoms with E-state index in [9.17, 15) is 9.59 Å². The van der Waals surface area contributed by atoms with E-state index in [1.807, 2.05) is 48.5 Å². The number of carbonyl (C=O) groups is 2. The summed E-state index contributed by atoms with van der Waals surface area (Å²) in [6.45, 7) is 2.52. The number of aromatic carboxylic acids is 1. The first-order chi connectivity index (χ1) is 14.9. The zero-order valence-corrected chi connectivity index (χ0v) is 18.2. The maximum absolute atomic E-state index is 12.8. The number of hydrogen-bond acceptors (Lipinski definition) is 5. The lowest BCUT2D eigenvalue weighted by molar-refractivity contribution is 0.0701. The number of carboxylic acid groups (broad SMARTS) is 1. The van der Waals surface area contributed by atoms with E-state index in [0.717, 1.165) is 27.8 Å². The molecule has 0 bridgehead atoms. The molecule has 0 radical (unpaired) electrons. The van der Waals surface area contributed by atoms with Gasteiger partial charge in [0.1, 0.15) is 4.88 Å². The molecular weight excluding hydrogens is 436 g/mol. The van der Waals surface area contributed by atoms with E-state index in [-0.39, 0.29) is 10.8 Å². The van der Waals surface area contributed by atoms with Gasteiger partial charge in [-0.05, 0) is 30.7 Å². The van der Waals surface area contributed by atoms with E-state index in [4.69, 9.17) is 16.7 Å². The number of para-hydroxylation sites is 1. The molecule has 2 heterocycles. The van der Waals surface area contributed by atoms with Gasteiger partial charge in [0.25, 0.3) is 5.91 Å². The highest BCUT2D eigenvalue weighted by molar-refractivity contribution is 7.13. The van der Waals surface area contributed by atoms with E-state index in [2.05, 4.69) is 15.4 Å².